The van der Waals surface area contributed by atoms with Crippen LogP contribution in [0.2, 0.25) is 0 Å². The third-order valence-electron chi connectivity index (χ3n) is 3.37. The Morgan fingerprint density at radius 1 is 1.35 bits per heavy atom. The summed E-state index contributed by atoms with van der Waals surface area (Å²) in [5, 5.41) is 7.41. The minimum atomic E-state index is -0.930. The maximum atomic E-state index is 13.6. The number of fused-ring (bicyclic) bond motifs is 1. The van der Waals surface area contributed by atoms with Gasteiger partial charge in [-0.2, -0.15) is 5.10 Å². The van der Waals surface area contributed by atoms with Crippen molar-refractivity contribution < 1.29 is 8.78 Å². The van der Waals surface area contributed by atoms with Gasteiger partial charge in [0.25, 0.3) is 5.56 Å². The van der Waals surface area contributed by atoms with E-state index in [1.165, 1.54) is 22.9 Å². The first-order chi connectivity index (χ1) is 9.65. The molecule has 2 aromatic rings. The van der Waals surface area contributed by atoms with Crippen molar-refractivity contribution in [3.05, 3.63) is 63.1 Å². The van der Waals surface area contributed by atoms with Crippen LogP contribution in [-0.2, 0) is 19.5 Å². The van der Waals surface area contributed by atoms with Gasteiger partial charge in [-0.1, -0.05) is 12.1 Å². The molecule has 0 bridgehead atoms. The average Bonchev–Trinajstić information content (AvgIpc) is 2.44. The van der Waals surface area contributed by atoms with Crippen molar-refractivity contribution in [1.82, 2.24) is 15.1 Å². The molecule has 1 N–H and O–H groups in total. The first-order valence-electron chi connectivity index (χ1n) is 6.38. The molecule has 0 saturated heterocycles. The Hall–Kier alpha value is -2.08. The van der Waals surface area contributed by atoms with Crippen LogP contribution in [0, 0.1) is 11.6 Å². The number of aromatic nitrogens is 2. The second kappa shape index (κ2) is 5.13. The maximum Gasteiger partial charge on any atom is 0.267 e. The van der Waals surface area contributed by atoms with E-state index in [-0.39, 0.29) is 17.7 Å². The summed E-state index contributed by atoms with van der Waals surface area (Å²) < 4.78 is 28.0. The van der Waals surface area contributed by atoms with E-state index in [2.05, 4.69) is 10.4 Å². The summed E-state index contributed by atoms with van der Waals surface area (Å²) >= 11 is 0. The Morgan fingerprint density at radius 3 is 3.05 bits per heavy atom. The van der Waals surface area contributed by atoms with Gasteiger partial charge in [0, 0.05) is 31.1 Å². The monoisotopic (exact) mass is 277 g/mol. The number of hydrogen-bond donors (Lipinski definition) is 1. The third kappa shape index (κ3) is 2.34. The fourth-order valence-electron chi connectivity index (χ4n) is 2.30. The molecule has 0 amide bonds. The molecule has 0 saturated carbocycles. The lowest BCUT2D eigenvalue weighted by molar-refractivity contribution is 0.486. The van der Waals surface area contributed by atoms with E-state index in [0.29, 0.717) is 6.54 Å². The van der Waals surface area contributed by atoms with E-state index in [9.17, 15) is 13.6 Å². The summed E-state index contributed by atoms with van der Waals surface area (Å²) in [6.45, 7) is 1.35. The normalized spacial score (nSPS) is 14.1. The molecule has 1 aliphatic heterocycles. The lowest BCUT2D eigenvalue weighted by atomic mass is 10.1. The summed E-state index contributed by atoms with van der Waals surface area (Å²) in [7, 11) is 0. The molecule has 0 unspecified atom stereocenters. The smallest absolute Gasteiger partial charge is 0.267 e. The zero-order valence-corrected chi connectivity index (χ0v) is 10.7. The SMILES string of the molecule is O=c1cc2c(nn1Cc1cccc(F)c1F)CCNC2. The van der Waals surface area contributed by atoms with Gasteiger partial charge in [-0.05, 0) is 11.6 Å². The van der Waals surface area contributed by atoms with Crippen molar-refractivity contribution in [3.8, 4) is 0 Å². The van der Waals surface area contributed by atoms with Crippen LogP contribution in [0.25, 0.3) is 0 Å². The fourth-order valence-corrected chi connectivity index (χ4v) is 2.30. The Balaban J connectivity index is 1.98. The number of halogens is 2. The lowest BCUT2D eigenvalue weighted by Gasteiger charge is -2.17. The van der Waals surface area contributed by atoms with E-state index in [1.54, 1.807) is 0 Å². The topological polar surface area (TPSA) is 46.9 Å². The number of rotatable bonds is 2. The van der Waals surface area contributed by atoms with Crippen LogP contribution >= 0.6 is 0 Å². The highest BCUT2D eigenvalue weighted by Crippen LogP contribution is 2.13. The fraction of sp³-hybridized carbons (Fsp3) is 0.286. The number of nitrogens with one attached hydrogen (secondary N) is 1. The summed E-state index contributed by atoms with van der Waals surface area (Å²) in [5.74, 6) is -1.85. The second-order valence-electron chi connectivity index (χ2n) is 4.75. The van der Waals surface area contributed by atoms with Gasteiger partial charge in [0.2, 0.25) is 0 Å². The van der Waals surface area contributed by atoms with E-state index in [1.807, 2.05) is 0 Å². The zero-order chi connectivity index (χ0) is 14.1. The van der Waals surface area contributed by atoms with Crippen LogP contribution in [0.1, 0.15) is 16.8 Å². The molecule has 0 radical (unpaired) electrons. The van der Waals surface area contributed by atoms with Gasteiger partial charge in [0.15, 0.2) is 11.6 Å². The summed E-state index contributed by atoms with van der Waals surface area (Å²) in [6, 6.07) is 5.42. The van der Waals surface area contributed by atoms with Crippen LogP contribution in [-0.4, -0.2) is 16.3 Å². The van der Waals surface area contributed by atoms with E-state index in [0.717, 1.165) is 30.3 Å². The Morgan fingerprint density at radius 2 is 2.20 bits per heavy atom. The molecule has 1 aromatic heterocycles. The van der Waals surface area contributed by atoms with Gasteiger partial charge in [0.05, 0.1) is 12.2 Å². The first kappa shape index (κ1) is 12.9. The van der Waals surface area contributed by atoms with Crippen LogP contribution in [0.4, 0.5) is 8.78 Å². The van der Waals surface area contributed by atoms with Gasteiger partial charge in [-0.3, -0.25) is 4.79 Å². The molecule has 4 nitrogen and oxygen atoms in total. The van der Waals surface area contributed by atoms with Gasteiger partial charge < -0.3 is 5.32 Å². The molecule has 2 heterocycles. The van der Waals surface area contributed by atoms with E-state index >= 15 is 0 Å². The minimum absolute atomic E-state index is 0.0663. The predicted octanol–water partition coefficient (Wildman–Crippen LogP) is 1.22. The van der Waals surface area contributed by atoms with Crippen molar-refractivity contribution in [2.75, 3.05) is 6.54 Å². The second-order valence-corrected chi connectivity index (χ2v) is 4.75. The molecule has 0 aliphatic carbocycles. The lowest BCUT2D eigenvalue weighted by Crippen LogP contribution is -2.32. The zero-order valence-electron chi connectivity index (χ0n) is 10.7. The average molecular weight is 277 g/mol. The molecule has 0 spiro atoms. The molecule has 6 heteroatoms. The maximum absolute atomic E-state index is 13.6. The minimum Gasteiger partial charge on any atom is -0.312 e. The molecule has 20 heavy (non-hydrogen) atoms. The molecular formula is C14H13F2N3O. The Labute approximate surface area is 114 Å². The van der Waals surface area contributed by atoms with Gasteiger partial charge in [0.1, 0.15) is 0 Å². The van der Waals surface area contributed by atoms with Crippen molar-refractivity contribution >= 4 is 0 Å². The van der Waals surface area contributed by atoms with Crippen molar-refractivity contribution in [1.29, 1.82) is 0 Å². The predicted molar refractivity (Wildman–Crippen MR) is 69.4 cm³/mol. The standard InChI is InChI=1S/C14H13F2N3O/c15-11-3-1-2-9(14(11)16)8-19-13(20)6-10-7-17-5-4-12(10)18-19/h1-3,6,17H,4-5,7-8H2. The van der Waals surface area contributed by atoms with E-state index < -0.39 is 11.6 Å². The molecule has 1 aliphatic rings. The van der Waals surface area contributed by atoms with Gasteiger partial charge >= 0.3 is 0 Å². The van der Waals surface area contributed by atoms with Crippen molar-refractivity contribution in [2.45, 2.75) is 19.5 Å². The summed E-state index contributed by atoms with van der Waals surface area (Å²) in [4.78, 5) is 11.9. The third-order valence-corrected chi connectivity index (χ3v) is 3.37. The highest BCUT2D eigenvalue weighted by molar-refractivity contribution is 5.22. The summed E-state index contributed by atoms with van der Waals surface area (Å²) in [6.07, 6.45) is 0.723. The van der Waals surface area contributed by atoms with Gasteiger partial charge in [-0.25, -0.2) is 13.5 Å². The quantitative estimate of drug-likeness (QED) is 0.897. The van der Waals surface area contributed by atoms with E-state index in [4.69, 9.17) is 0 Å². The first-order valence-corrected chi connectivity index (χ1v) is 6.38. The molecule has 104 valence electrons. The molecule has 1 aromatic carbocycles. The molecular weight excluding hydrogens is 264 g/mol. The summed E-state index contributed by atoms with van der Waals surface area (Å²) in [5.41, 5.74) is 1.52. The molecule has 0 atom stereocenters. The highest BCUT2D eigenvalue weighted by Gasteiger charge is 2.14. The Bertz CT molecular complexity index is 712. The molecule has 0 fully saturated rings. The van der Waals surface area contributed by atoms with Crippen molar-refractivity contribution in [3.63, 3.8) is 0 Å². The van der Waals surface area contributed by atoms with Crippen LogP contribution in [0.15, 0.2) is 29.1 Å². The number of nitrogens with zero attached hydrogens (tertiary/aromatic N) is 2. The van der Waals surface area contributed by atoms with Crippen LogP contribution in [0.3, 0.4) is 0 Å². The Kier molecular flexibility index (Phi) is 3.31. The van der Waals surface area contributed by atoms with Crippen LogP contribution in [0.5, 0.6) is 0 Å². The van der Waals surface area contributed by atoms with Crippen molar-refractivity contribution in [2.24, 2.45) is 0 Å². The largest absolute Gasteiger partial charge is 0.312 e. The number of hydrogen-bond acceptors (Lipinski definition) is 3. The highest BCUT2D eigenvalue weighted by atomic mass is 19.2. The molecule has 3 rings (SSSR count). The van der Waals surface area contributed by atoms with Gasteiger partial charge in [-0.15, -0.1) is 0 Å². The number of benzene rings is 1. The van der Waals surface area contributed by atoms with Crippen LogP contribution < -0.4 is 10.9 Å².